The molecule has 0 aromatic carbocycles. The van der Waals surface area contributed by atoms with Gasteiger partial charge in [0, 0.05) is 0 Å². The molecule has 0 aliphatic rings. The molecule has 0 amide bonds. The number of hydrogen-bond donors (Lipinski definition) is 2. The lowest BCUT2D eigenvalue weighted by Crippen LogP contribution is -2.12. The second kappa shape index (κ2) is 16.1. The second-order valence-electron chi connectivity index (χ2n) is 5.93. The Kier molecular flexibility index (Phi) is 17.6. The highest BCUT2D eigenvalue weighted by atomic mass is 31.2. The van der Waals surface area contributed by atoms with E-state index >= 15 is 0 Å². The summed E-state index contributed by atoms with van der Waals surface area (Å²) in [6.07, 6.45) is 16.1. The molecule has 3 nitrogen and oxygen atoms in total. The van der Waals surface area contributed by atoms with Gasteiger partial charge < -0.3 is 10.2 Å². The van der Waals surface area contributed by atoms with Crippen molar-refractivity contribution in [1.82, 2.24) is 0 Å². The SMILES string of the molecule is CCCC[P](CCCC)(CCCC)CCCC.O=C(O)O. The third-order valence-electron chi connectivity index (χ3n) is 3.94. The highest BCUT2D eigenvalue weighted by Gasteiger charge is 2.24. The number of rotatable bonds is 12. The highest BCUT2D eigenvalue weighted by molar-refractivity contribution is 7.75. The molecule has 0 aromatic heterocycles. The van der Waals surface area contributed by atoms with Gasteiger partial charge in [0.25, 0.3) is 0 Å². The third-order valence-corrected chi connectivity index (χ3v) is 9.00. The van der Waals surface area contributed by atoms with Gasteiger partial charge in [-0.1, -0.05) is 53.4 Å². The molecule has 0 fully saturated rings. The van der Waals surface area contributed by atoms with Crippen LogP contribution in [0.3, 0.4) is 0 Å². The maximum absolute atomic E-state index is 8.56. The molecule has 0 bridgehead atoms. The van der Waals surface area contributed by atoms with E-state index in [-0.39, 0.29) is 0 Å². The van der Waals surface area contributed by atoms with Crippen molar-refractivity contribution in [3.8, 4) is 0 Å². The molecule has 0 heterocycles. The molecular weight excluding hydrogens is 283 g/mol. The molecule has 1 radical (unpaired) electrons. The fraction of sp³-hybridized carbons (Fsp3) is 0.941. The van der Waals surface area contributed by atoms with E-state index in [4.69, 9.17) is 15.0 Å². The van der Waals surface area contributed by atoms with Crippen LogP contribution in [0.2, 0.25) is 0 Å². The summed E-state index contributed by atoms with van der Waals surface area (Å²) < 4.78 is 0. The summed E-state index contributed by atoms with van der Waals surface area (Å²) in [5.74, 6) is 0. The minimum Gasteiger partial charge on any atom is -0.450 e. The van der Waals surface area contributed by atoms with Crippen molar-refractivity contribution < 1.29 is 15.0 Å². The lowest BCUT2D eigenvalue weighted by Gasteiger charge is -2.37. The Morgan fingerprint density at radius 1 is 0.667 bits per heavy atom. The molecule has 0 unspecified atom stereocenters. The monoisotopic (exact) mass is 321 g/mol. The van der Waals surface area contributed by atoms with Crippen LogP contribution in [0.1, 0.15) is 79.1 Å². The van der Waals surface area contributed by atoms with Crippen LogP contribution >= 0.6 is 7.26 Å². The predicted molar refractivity (Wildman–Crippen MR) is 96.7 cm³/mol. The Balaban J connectivity index is 0. The van der Waals surface area contributed by atoms with Gasteiger partial charge in [-0.3, -0.25) is 0 Å². The lowest BCUT2D eigenvalue weighted by atomic mass is 10.4. The summed E-state index contributed by atoms with van der Waals surface area (Å²) in [6.45, 7) is 9.42. The zero-order valence-electron chi connectivity index (χ0n) is 14.7. The molecule has 21 heavy (non-hydrogen) atoms. The maximum atomic E-state index is 8.56. The van der Waals surface area contributed by atoms with E-state index in [1.165, 1.54) is 51.4 Å². The van der Waals surface area contributed by atoms with E-state index in [2.05, 4.69) is 27.7 Å². The Labute approximate surface area is 132 Å². The molecule has 0 rings (SSSR count). The normalized spacial score (nSPS) is 10.9. The smallest absolute Gasteiger partial charge is 0.450 e. The molecule has 2 N–H and O–H groups in total. The summed E-state index contributed by atoms with van der Waals surface area (Å²) in [6, 6.07) is 0. The van der Waals surface area contributed by atoms with Gasteiger partial charge in [0.2, 0.25) is 0 Å². The first kappa shape index (κ1) is 23.0. The molecule has 0 saturated carbocycles. The minimum absolute atomic E-state index is 0.562. The summed E-state index contributed by atoms with van der Waals surface area (Å²) in [5.41, 5.74) is 0. The molecule has 0 aliphatic heterocycles. The van der Waals surface area contributed by atoms with Gasteiger partial charge in [-0.2, -0.15) is 0 Å². The van der Waals surface area contributed by atoms with Crippen LogP contribution in [0.15, 0.2) is 0 Å². The van der Waals surface area contributed by atoms with Gasteiger partial charge in [0.05, 0.1) is 0 Å². The van der Waals surface area contributed by atoms with E-state index in [1.54, 1.807) is 24.6 Å². The van der Waals surface area contributed by atoms with Crippen molar-refractivity contribution in [3.63, 3.8) is 0 Å². The molecule has 129 valence electrons. The Bertz CT molecular complexity index is 191. The Morgan fingerprint density at radius 3 is 1.00 bits per heavy atom. The van der Waals surface area contributed by atoms with Gasteiger partial charge in [-0.25, -0.2) is 4.79 Å². The Morgan fingerprint density at radius 2 is 0.857 bits per heavy atom. The van der Waals surface area contributed by atoms with Gasteiger partial charge in [0.15, 0.2) is 0 Å². The van der Waals surface area contributed by atoms with Crippen LogP contribution in [0.5, 0.6) is 0 Å². The van der Waals surface area contributed by atoms with Crippen LogP contribution in [0.25, 0.3) is 0 Å². The lowest BCUT2D eigenvalue weighted by molar-refractivity contribution is 0.137. The molecule has 0 atom stereocenters. The highest BCUT2D eigenvalue weighted by Crippen LogP contribution is 2.61. The summed E-state index contributed by atoms with van der Waals surface area (Å²) in [4.78, 5) is 8.56. The molecule has 0 spiro atoms. The fourth-order valence-corrected chi connectivity index (χ4v) is 7.93. The minimum atomic E-state index is -1.83. The summed E-state index contributed by atoms with van der Waals surface area (Å²) >= 11 is 0. The molecule has 0 aromatic rings. The zero-order chi connectivity index (χ0) is 16.6. The van der Waals surface area contributed by atoms with E-state index in [0.717, 1.165) is 0 Å². The summed E-state index contributed by atoms with van der Waals surface area (Å²) in [7, 11) is -0.562. The average molecular weight is 321 g/mol. The molecular formula is C17H38O3P. The molecule has 0 saturated heterocycles. The summed E-state index contributed by atoms with van der Waals surface area (Å²) in [5, 5.41) is 13.9. The second-order valence-corrected chi connectivity index (χ2v) is 10.4. The number of carboxylic acid groups (broad SMARTS) is 2. The number of carbonyl (C=O) groups is 1. The van der Waals surface area contributed by atoms with Crippen LogP contribution in [-0.4, -0.2) is 41.0 Å². The van der Waals surface area contributed by atoms with Crippen LogP contribution < -0.4 is 0 Å². The molecule has 0 aliphatic carbocycles. The first-order valence-electron chi connectivity index (χ1n) is 8.74. The van der Waals surface area contributed by atoms with Crippen molar-refractivity contribution in [2.75, 3.05) is 24.6 Å². The first-order valence-corrected chi connectivity index (χ1v) is 11.3. The van der Waals surface area contributed by atoms with E-state index in [9.17, 15) is 0 Å². The van der Waals surface area contributed by atoms with Crippen molar-refractivity contribution in [2.45, 2.75) is 79.1 Å². The fourth-order valence-electron chi connectivity index (χ4n) is 2.64. The Hall–Kier alpha value is -0.300. The largest absolute Gasteiger partial charge is 0.503 e. The van der Waals surface area contributed by atoms with E-state index in [1.807, 2.05) is 0 Å². The van der Waals surface area contributed by atoms with Crippen molar-refractivity contribution in [3.05, 3.63) is 0 Å². The van der Waals surface area contributed by atoms with Crippen LogP contribution in [0, 0.1) is 0 Å². The van der Waals surface area contributed by atoms with Crippen molar-refractivity contribution in [2.24, 2.45) is 0 Å². The quantitative estimate of drug-likeness (QED) is 0.407. The topological polar surface area (TPSA) is 57.5 Å². The average Bonchev–Trinajstić information content (AvgIpc) is 2.45. The number of hydrogen-bond acceptors (Lipinski definition) is 1. The van der Waals surface area contributed by atoms with Gasteiger partial charge in [-0.05, 0) is 50.3 Å². The van der Waals surface area contributed by atoms with Crippen LogP contribution in [0.4, 0.5) is 4.79 Å². The van der Waals surface area contributed by atoms with E-state index in [0.29, 0.717) is 0 Å². The predicted octanol–water partition coefficient (Wildman–Crippen LogP) is 6.43. The zero-order valence-corrected chi connectivity index (χ0v) is 15.6. The third kappa shape index (κ3) is 15.9. The number of unbranched alkanes of at least 4 members (excludes halogenated alkanes) is 4. The standard InChI is InChI=1S/C16H36P.CH2O3/c1-5-9-13-17(14-10-6-2,15-11-7-3)16-12-8-4;2-1(3)4/h5-16H2,1-4H3;(H2,2,3,4). The van der Waals surface area contributed by atoms with E-state index < -0.39 is 13.4 Å². The first-order chi connectivity index (χ1) is 9.97. The molecule has 4 heteroatoms. The van der Waals surface area contributed by atoms with Crippen molar-refractivity contribution in [1.29, 1.82) is 0 Å². The van der Waals surface area contributed by atoms with Crippen molar-refractivity contribution >= 4 is 13.4 Å². The van der Waals surface area contributed by atoms with Gasteiger partial charge >= 0.3 is 6.16 Å². The van der Waals surface area contributed by atoms with Gasteiger partial charge in [-0.15, -0.1) is 7.26 Å². The maximum Gasteiger partial charge on any atom is 0.503 e. The van der Waals surface area contributed by atoms with Crippen LogP contribution in [-0.2, 0) is 0 Å². The van der Waals surface area contributed by atoms with Gasteiger partial charge in [0.1, 0.15) is 0 Å².